The summed E-state index contributed by atoms with van der Waals surface area (Å²) in [5, 5.41) is 12.5. The highest BCUT2D eigenvalue weighted by molar-refractivity contribution is 6.00. The van der Waals surface area contributed by atoms with Crippen molar-refractivity contribution in [3.63, 3.8) is 0 Å². The van der Waals surface area contributed by atoms with E-state index < -0.39 is 6.10 Å². The second-order valence-electron chi connectivity index (χ2n) is 4.78. The molecule has 1 aliphatic rings. The van der Waals surface area contributed by atoms with Gasteiger partial charge in [-0.2, -0.15) is 0 Å². The first-order valence-corrected chi connectivity index (χ1v) is 6.11. The van der Waals surface area contributed by atoms with Gasteiger partial charge >= 0.3 is 0 Å². The molecule has 0 fully saturated rings. The summed E-state index contributed by atoms with van der Waals surface area (Å²) < 4.78 is 4.89. The predicted molar refractivity (Wildman–Crippen MR) is 74.3 cm³/mol. The molecule has 6 heteroatoms. The van der Waals surface area contributed by atoms with Gasteiger partial charge in [0.2, 0.25) is 5.91 Å². The predicted octanol–water partition coefficient (Wildman–Crippen LogP) is 0.207. The molecule has 0 saturated heterocycles. The Balaban J connectivity index is 2.16. The molecule has 104 valence electrons. The fourth-order valence-corrected chi connectivity index (χ4v) is 2.27. The summed E-state index contributed by atoms with van der Waals surface area (Å²) in [5.74, 6) is -0.0198. The Labute approximate surface area is 112 Å². The number of carbonyl (C=O) groups is 1. The zero-order valence-electron chi connectivity index (χ0n) is 11.1. The van der Waals surface area contributed by atoms with Crippen LogP contribution < -0.4 is 16.0 Å². The monoisotopic (exact) mass is 265 g/mol. The number of nitrogens with one attached hydrogen (secondary N) is 1. The Hall–Kier alpha value is -1.79. The zero-order chi connectivity index (χ0) is 14.0. The van der Waals surface area contributed by atoms with Crippen LogP contribution in [-0.4, -0.2) is 44.4 Å². The topological polar surface area (TPSA) is 87.8 Å². The minimum absolute atomic E-state index is 0.0198. The number of nitrogen functional groups attached to an aromatic ring is 1. The van der Waals surface area contributed by atoms with Crippen molar-refractivity contribution in [3.05, 3.63) is 17.7 Å². The molecule has 0 aromatic heterocycles. The van der Waals surface area contributed by atoms with Gasteiger partial charge in [0.05, 0.1) is 30.5 Å². The average molecular weight is 265 g/mol. The van der Waals surface area contributed by atoms with Crippen LogP contribution in [0.4, 0.5) is 17.1 Å². The number of benzene rings is 1. The smallest absolute Gasteiger partial charge is 0.228 e. The average Bonchev–Trinajstić information content (AvgIpc) is 2.67. The van der Waals surface area contributed by atoms with Gasteiger partial charge in [-0.15, -0.1) is 0 Å². The van der Waals surface area contributed by atoms with E-state index in [0.29, 0.717) is 18.7 Å². The highest BCUT2D eigenvalue weighted by atomic mass is 16.5. The van der Waals surface area contributed by atoms with E-state index in [1.165, 1.54) is 0 Å². The number of carbonyl (C=O) groups excluding carboxylic acids is 1. The van der Waals surface area contributed by atoms with Gasteiger partial charge in [-0.3, -0.25) is 4.79 Å². The molecule has 1 aromatic carbocycles. The van der Waals surface area contributed by atoms with E-state index >= 15 is 0 Å². The SMILES string of the molecule is COCC(O)CN(C)c1cc2c(cc1N)CC(=O)N2. The fraction of sp³-hybridized carbons (Fsp3) is 0.462. The van der Waals surface area contributed by atoms with Crippen LogP contribution in [0.2, 0.25) is 0 Å². The number of fused-ring (bicyclic) bond motifs is 1. The quantitative estimate of drug-likeness (QED) is 0.662. The third-order valence-corrected chi connectivity index (χ3v) is 3.13. The normalized spacial score (nSPS) is 15.0. The number of anilines is 3. The lowest BCUT2D eigenvalue weighted by atomic mass is 10.1. The number of nitrogens with zero attached hydrogens (tertiary/aromatic N) is 1. The zero-order valence-corrected chi connectivity index (χ0v) is 11.1. The molecule has 1 aliphatic heterocycles. The second kappa shape index (κ2) is 5.46. The van der Waals surface area contributed by atoms with Gasteiger partial charge in [0, 0.05) is 26.4 Å². The van der Waals surface area contributed by atoms with E-state index in [1.807, 2.05) is 24.1 Å². The molecule has 6 nitrogen and oxygen atoms in total. The van der Waals surface area contributed by atoms with Crippen molar-refractivity contribution in [2.75, 3.05) is 43.3 Å². The van der Waals surface area contributed by atoms with Crippen LogP contribution in [-0.2, 0) is 16.0 Å². The Kier molecular flexibility index (Phi) is 3.92. The lowest BCUT2D eigenvalue weighted by Gasteiger charge is -2.24. The minimum atomic E-state index is -0.586. The molecular formula is C13H19N3O3. The number of rotatable bonds is 5. The number of likely N-dealkylation sites (N-methyl/N-ethyl adjacent to an activating group) is 1. The number of aliphatic hydroxyl groups excluding tert-OH is 1. The lowest BCUT2D eigenvalue weighted by molar-refractivity contribution is -0.115. The van der Waals surface area contributed by atoms with E-state index in [4.69, 9.17) is 10.5 Å². The van der Waals surface area contributed by atoms with Crippen molar-refractivity contribution in [2.24, 2.45) is 0 Å². The van der Waals surface area contributed by atoms with Crippen LogP contribution in [0.1, 0.15) is 5.56 Å². The Morgan fingerprint density at radius 2 is 2.32 bits per heavy atom. The molecular weight excluding hydrogens is 246 g/mol. The van der Waals surface area contributed by atoms with Crippen molar-refractivity contribution in [3.8, 4) is 0 Å². The highest BCUT2D eigenvalue weighted by Gasteiger charge is 2.21. The van der Waals surface area contributed by atoms with Crippen molar-refractivity contribution in [2.45, 2.75) is 12.5 Å². The molecule has 1 amide bonds. The van der Waals surface area contributed by atoms with Crippen LogP contribution in [0.3, 0.4) is 0 Å². The third-order valence-electron chi connectivity index (χ3n) is 3.13. The standard InChI is InChI=1S/C13H19N3O3/c1-16(6-9(17)7-19-2)12-5-11-8(3-10(12)14)4-13(18)15-11/h3,5,9,17H,4,6-7,14H2,1-2H3,(H,15,18). The number of amides is 1. The molecule has 1 atom stereocenters. The van der Waals surface area contributed by atoms with E-state index in [-0.39, 0.29) is 12.5 Å². The fourth-order valence-electron chi connectivity index (χ4n) is 2.27. The molecule has 1 unspecified atom stereocenters. The van der Waals surface area contributed by atoms with Gasteiger partial charge in [0.15, 0.2) is 0 Å². The number of hydrogen-bond donors (Lipinski definition) is 3. The first-order chi connectivity index (χ1) is 9.01. The summed E-state index contributed by atoms with van der Waals surface area (Å²) >= 11 is 0. The Morgan fingerprint density at radius 3 is 3.00 bits per heavy atom. The lowest BCUT2D eigenvalue weighted by Crippen LogP contribution is -2.32. The first kappa shape index (κ1) is 13.6. The van der Waals surface area contributed by atoms with Gasteiger partial charge in [0.25, 0.3) is 0 Å². The molecule has 1 heterocycles. The summed E-state index contributed by atoms with van der Waals surface area (Å²) in [7, 11) is 3.39. The van der Waals surface area contributed by atoms with Gasteiger partial charge in [0.1, 0.15) is 0 Å². The number of nitrogens with two attached hydrogens (primary N) is 1. The number of methoxy groups -OCH3 is 1. The second-order valence-corrected chi connectivity index (χ2v) is 4.78. The summed E-state index contributed by atoms with van der Waals surface area (Å²) in [5.41, 5.74) is 9.09. The van der Waals surface area contributed by atoms with Gasteiger partial charge in [-0.25, -0.2) is 0 Å². The number of aliphatic hydroxyl groups is 1. The molecule has 1 aromatic rings. The van der Waals surface area contributed by atoms with Crippen molar-refractivity contribution >= 4 is 23.0 Å². The van der Waals surface area contributed by atoms with Crippen LogP contribution >= 0.6 is 0 Å². The molecule has 4 N–H and O–H groups in total. The van der Waals surface area contributed by atoms with Crippen LogP contribution in [0.25, 0.3) is 0 Å². The summed E-state index contributed by atoms with van der Waals surface area (Å²) in [6, 6.07) is 3.65. The van der Waals surface area contributed by atoms with Gasteiger partial charge < -0.3 is 25.8 Å². The Bertz CT molecular complexity index is 490. The van der Waals surface area contributed by atoms with Crippen LogP contribution in [0, 0.1) is 0 Å². The molecule has 0 radical (unpaired) electrons. The maximum atomic E-state index is 11.3. The largest absolute Gasteiger partial charge is 0.397 e. The van der Waals surface area contributed by atoms with E-state index in [1.54, 1.807) is 7.11 Å². The molecule has 0 saturated carbocycles. The summed E-state index contributed by atoms with van der Waals surface area (Å²) in [6.07, 6.45) is -0.215. The summed E-state index contributed by atoms with van der Waals surface area (Å²) in [4.78, 5) is 13.2. The van der Waals surface area contributed by atoms with Crippen molar-refractivity contribution in [1.82, 2.24) is 0 Å². The number of hydrogen-bond acceptors (Lipinski definition) is 5. The molecule has 0 bridgehead atoms. The van der Waals surface area contributed by atoms with E-state index in [0.717, 1.165) is 16.9 Å². The van der Waals surface area contributed by atoms with Crippen LogP contribution in [0.5, 0.6) is 0 Å². The maximum Gasteiger partial charge on any atom is 0.228 e. The first-order valence-electron chi connectivity index (χ1n) is 6.11. The number of ether oxygens (including phenoxy) is 1. The van der Waals surface area contributed by atoms with Crippen molar-refractivity contribution < 1.29 is 14.6 Å². The summed E-state index contributed by atoms with van der Waals surface area (Å²) in [6.45, 7) is 0.677. The molecule has 2 rings (SSSR count). The Morgan fingerprint density at radius 1 is 1.58 bits per heavy atom. The van der Waals surface area contributed by atoms with Gasteiger partial charge in [-0.05, 0) is 17.7 Å². The molecule has 0 spiro atoms. The highest BCUT2D eigenvalue weighted by Crippen LogP contribution is 2.33. The third kappa shape index (κ3) is 2.97. The van der Waals surface area contributed by atoms with Crippen molar-refractivity contribution in [1.29, 1.82) is 0 Å². The molecule has 0 aliphatic carbocycles. The van der Waals surface area contributed by atoms with E-state index in [9.17, 15) is 9.90 Å². The molecule has 19 heavy (non-hydrogen) atoms. The van der Waals surface area contributed by atoms with Gasteiger partial charge in [-0.1, -0.05) is 0 Å². The minimum Gasteiger partial charge on any atom is -0.397 e. The van der Waals surface area contributed by atoms with Crippen LogP contribution in [0.15, 0.2) is 12.1 Å². The van der Waals surface area contributed by atoms with E-state index in [2.05, 4.69) is 5.32 Å². The maximum absolute atomic E-state index is 11.3.